The summed E-state index contributed by atoms with van der Waals surface area (Å²) in [5, 5.41) is 2.31. The van der Waals surface area contributed by atoms with Crippen molar-refractivity contribution in [1.82, 2.24) is 0 Å². The summed E-state index contributed by atoms with van der Waals surface area (Å²) in [6.45, 7) is 0. The Morgan fingerprint density at radius 1 is 1.00 bits per heavy atom. The van der Waals surface area contributed by atoms with Crippen LogP contribution in [0.1, 0.15) is 15.9 Å². The zero-order valence-corrected chi connectivity index (χ0v) is 14.8. The molecule has 0 saturated carbocycles. The van der Waals surface area contributed by atoms with Gasteiger partial charge in [0.05, 0.1) is 25.5 Å². The molecule has 0 bridgehead atoms. The number of hydrogen-bond donors (Lipinski definition) is 1. The standard InChI is InChI=1S/C18H19F3N2O3/c1-23(2)12-6-7-14(13(10-12)18(19,20)21)22-17(24)11-5-8-15(25-3)16(9-11)26-4/h5-10H,1-4H3,(H,22,24). The van der Waals surface area contributed by atoms with E-state index in [9.17, 15) is 18.0 Å². The summed E-state index contributed by atoms with van der Waals surface area (Å²) in [6, 6.07) is 8.07. The molecule has 0 aliphatic rings. The molecule has 0 spiro atoms. The Balaban J connectivity index is 2.37. The minimum atomic E-state index is -4.60. The number of ether oxygens (including phenoxy) is 2. The van der Waals surface area contributed by atoms with Gasteiger partial charge < -0.3 is 19.7 Å². The fourth-order valence-corrected chi connectivity index (χ4v) is 2.33. The summed E-state index contributed by atoms with van der Waals surface area (Å²) in [5.41, 5.74) is -0.714. The van der Waals surface area contributed by atoms with Crippen molar-refractivity contribution in [2.24, 2.45) is 0 Å². The van der Waals surface area contributed by atoms with Crippen LogP contribution in [0.2, 0.25) is 0 Å². The second-order valence-corrected chi connectivity index (χ2v) is 5.65. The van der Waals surface area contributed by atoms with Crippen LogP contribution in [0, 0.1) is 0 Å². The van der Waals surface area contributed by atoms with E-state index in [2.05, 4.69) is 5.32 Å². The van der Waals surface area contributed by atoms with Gasteiger partial charge in [-0.05, 0) is 36.4 Å². The van der Waals surface area contributed by atoms with Crippen LogP contribution < -0.4 is 19.7 Å². The van der Waals surface area contributed by atoms with E-state index in [0.717, 1.165) is 6.07 Å². The average molecular weight is 368 g/mol. The van der Waals surface area contributed by atoms with Gasteiger partial charge in [-0.3, -0.25) is 4.79 Å². The van der Waals surface area contributed by atoms with Crippen LogP contribution in [0.25, 0.3) is 0 Å². The van der Waals surface area contributed by atoms with Gasteiger partial charge in [-0.15, -0.1) is 0 Å². The third-order valence-corrected chi connectivity index (χ3v) is 3.72. The summed E-state index contributed by atoms with van der Waals surface area (Å²) in [5.74, 6) is 0.0311. The largest absolute Gasteiger partial charge is 0.493 e. The summed E-state index contributed by atoms with van der Waals surface area (Å²) >= 11 is 0. The van der Waals surface area contributed by atoms with Crippen LogP contribution in [-0.4, -0.2) is 34.2 Å². The fourth-order valence-electron chi connectivity index (χ4n) is 2.33. The maximum Gasteiger partial charge on any atom is 0.418 e. The first-order chi connectivity index (χ1) is 12.2. The van der Waals surface area contributed by atoms with E-state index in [1.165, 1.54) is 44.6 Å². The lowest BCUT2D eigenvalue weighted by Gasteiger charge is -2.19. The van der Waals surface area contributed by atoms with Gasteiger partial charge in [0.25, 0.3) is 5.91 Å². The topological polar surface area (TPSA) is 50.8 Å². The van der Waals surface area contributed by atoms with Gasteiger partial charge in [0.15, 0.2) is 11.5 Å². The van der Waals surface area contributed by atoms with Gasteiger partial charge in [-0.2, -0.15) is 13.2 Å². The number of carbonyl (C=O) groups excluding carboxylic acids is 1. The Kier molecular flexibility index (Phi) is 5.64. The number of nitrogens with zero attached hydrogens (tertiary/aromatic N) is 1. The van der Waals surface area contributed by atoms with Gasteiger partial charge in [0.2, 0.25) is 0 Å². The number of hydrogen-bond acceptors (Lipinski definition) is 4. The molecule has 26 heavy (non-hydrogen) atoms. The molecule has 0 aliphatic heterocycles. The number of amides is 1. The minimum absolute atomic E-state index is 0.146. The van der Waals surface area contributed by atoms with Gasteiger partial charge in [-0.25, -0.2) is 0 Å². The van der Waals surface area contributed by atoms with Crippen LogP contribution in [0.5, 0.6) is 11.5 Å². The number of rotatable bonds is 5. The number of alkyl halides is 3. The number of methoxy groups -OCH3 is 2. The molecule has 0 saturated heterocycles. The maximum atomic E-state index is 13.4. The minimum Gasteiger partial charge on any atom is -0.493 e. The Morgan fingerprint density at radius 2 is 1.65 bits per heavy atom. The summed E-state index contributed by atoms with van der Waals surface area (Å²) in [7, 11) is 6.12. The smallest absolute Gasteiger partial charge is 0.418 e. The maximum absolute atomic E-state index is 13.4. The Labute approximate surface area is 149 Å². The van der Waals surface area contributed by atoms with Crippen molar-refractivity contribution in [3.63, 3.8) is 0 Å². The van der Waals surface area contributed by atoms with E-state index >= 15 is 0 Å². The van der Waals surface area contributed by atoms with Gasteiger partial charge in [0.1, 0.15) is 0 Å². The number of halogens is 3. The third-order valence-electron chi connectivity index (χ3n) is 3.72. The molecule has 8 heteroatoms. The second kappa shape index (κ2) is 7.55. The second-order valence-electron chi connectivity index (χ2n) is 5.65. The Morgan fingerprint density at radius 3 is 2.19 bits per heavy atom. The lowest BCUT2D eigenvalue weighted by molar-refractivity contribution is -0.136. The predicted octanol–water partition coefficient (Wildman–Crippen LogP) is 4.04. The van der Waals surface area contributed by atoms with Crippen LogP contribution in [0.3, 0.4) is 0 Å². The highest BCUT2D eigenvalue weighted by atomic mass is 19.4. The molecule has 1 N–H and O–H groups in total. The number of carbonyl (C=O) groups is 1. The average Bonchev–Trinajstić information content (AvgIpc) is 2.60. The summed E-state index contributed by atoms with van der Waals surface area (Å²) < 4.78 is 50.3. The van der Waals surface area contributed by atoms with E-state index < -0.39 is 17.6 Å². The Hall–Kier alpha value is -2.90. The molecule has 5 nitrogen and oxygen atoms in total. The van der Waals surface area contributed by atoms with Crippen LogP contribution in [-0.2, 0) is 6.18 Å². The molecule has 0 heterocycles. The fraction of sp³-hybridized carbons (Fsp3) is 0.278. The van der Waals surface area contributed by atoms with Crippen molar-refractivity contribution >= 4 is 17.3 Å². The SMILES string of the molecule is COc1ccc(C(=O)Nc2ccc(N(C)C)cc2C(F)(F)F)cc1OC. The molecule has 0 atom stereocenters. The molecule has 2 aromatic carbocycles. The molecule has 1 amide bonds. The van der Waals surface area contributed by atoms with E-state index in [0.29, 0.717) is 17.2 Å². The molecule has 0 radical (unpaired) electrons. The first-order valence-electron chi connectivity index (χ1n) is 7.59. The van der Waals surface area contributed by atoms with Crippen molar-refractivity contribution in [3.05, 3.63) is 47.5 Å². The monoisotopic (exact) mass is 368 g/mol. The van der Waals surface area contributed by atoms with Gasteiger partial charge >= 0.3 is 6.18 Å². The first-order valence-corrected chi connectivity index (χ1v) is 7.59. The highest BCUT2D eigenvalue weighted by Gasteiger charge is 2.34. The summed E-state index contributed by atoms with van der Waals surface area (Å²) in [4.78, 5) is 13.9. The number of benzene rings is 2. The van der Waals surface area contributed by atoms with E-state index in [4.69, 9.17) is 9.47 Å². The Bertz CT molecular complexity index is 805. The third kappa shape index (κ3) is 4.19. The van der Waals surface area contributed by atoms with E-state index in [1.807, 2.05) is 0 Å². The molecule has 0 fully saturated rings. The van der Waals surface area contributed by atoms with E-state index in [1.54, 1.807) is 19.0 Å². The van der Waals surface area contributed by atoms with Crippen LogP contribution in [0.4, 0.5) is 24.5 Å². The van der Waals surface area contributed by atoms with E-state index in [-0.39, 0.29) is 11.3 Å². The molecule has 2 aromatic rings. The molecular formula is C18H19F3N2O3. The van der Waals surface area contributed by atoms with Crippen LogP contribution in [0.15, 0.2) is 36.4 Å². The quantitative estimate of drug-likeness (QED) is 0.865. The zero-order valence-electron chi connectivity index (χ0n) is 14.8. The van der Waals surface area contributed by atoms with Crippen molar-refractivity contribution < 1.29 is 27.4 Å². The zero-order chi connectivity index (χ0) is 19.5. The lowest BCUT2D eigenvalue weighted by atomic mass is 10.1. The van der Waals surface area contributed by atoms with Crippen molar-refractivity contribution in [3.8, 4) is 11.5 Å². The first kappa shape index (κ1) is 19.4. The van der Waals surface area contributed by atoms with Crippen molar-refractivity contribution in [1.29, 1.82) is 0 Å². The lowest BCUT2D eigenvalue weighted by Crippen LogP contribution is -2.18. The molecule has 0 aliphatic carbocycles. The highest BCUT2D eigenvalue weighted by Crippen LogP contribution is 2.37. The predicted molar refractivity (Wildman–Crippen MR) is 93.3 cm³/mol. The van der Waals surface area contributed by atoms with Crippen molar-refractivity contribution in [2.75, 3.05) is 38.5 Å². The molecule has 2 rings (SSSR count). The van der Waals surface area contributed by atoms with Gasteiger partial charge in [-0.1, -0.05) is 0 Å². The molecular weight excluding hydrogens is 349 g/mol. The number of anilines is 2. The molecule has 140 valence electrons. The number of nitrogens with one attached hydrogen (secondary N) is 1. The van der Waals surface area contributed by atoms with Crippen LogP contribution >= 0.6 is 0 Å². The molecule has 0 unspecified atom stereocenters. The summed E-state index contributed by atoms with van der Waals surface area (Å²) in [6.07, 6.45) is -4.60. The van der Waals surface area contributed by atoms with Crippen molar-refractivity contribution in [2.45, 2.75) is 6.18 Å². The highest BCUT2D eigenvalue weighted by molar-refractivity contribution is 6.05. The normalized spacial score (nSPS) is 11.0. The molecule has 0 aromatic heterocycles. The van der Waals surface area contributed by atoms with Gasteiger partial charge in [0, 0.05) is 25.3 Å².